The highest BCUT2D eigenvalue weighted by atomic mass is 32.1. The molecule has 0 unspecified atom stereocenters. The molecule has 0 bridgehead atoms. The quantitative estimate of drug-likeness (QED) is 0.281. The Bertz CT molecular complexity index is 1440. The molecule has 0 atom stereocenters. The number of ether oxygens (including phenoxy) is 1. The number of carbonyl (C=O) groups is 1. The molecule has 4 heterocycles. The van der Waals surface area contributed by atoms with Crippen LogP contribution in [-0.4, -0.2) is 39.8 Å². The summed E-state index contributed by atoms with van der Waals surface area (Å²) in [5.41, 5.74) is 9.53. The highest BCUT2D eigenvalue weighted by Crippen LogP contribution is 2.39. The van der Waals surface area contributed by atoms with Gasteiger partial charge in [0.2, 0.25) is 0 Å². The van der Waals surface area contributed by atoms with Crippen LogP contribution in [0.1, 0.15) is 43.2 Å². The van der Waals surface area contributed by atoms with E-state index in [9.17, 15) is 9.18 Å². The van der Waals surface area contributed by atoms with Crippen molar-refractivity contribution in [3.63, 3.8) is 0 Å². The first-order valence-corrected chi connectivity index (χ1v) is 14.1. The van der Waals surface area contributed by atoms with Crippen LogP contribution in [0, 0.1) is 11.7 Å². The third-order valence-electron chi connectivity index (χ3n) is 7.32. The van der Waals surface area contributed by atoms with E-state index < -0.39 is 5.82 Å². The van der Waals surface area contributed by atoms with Crippen molar-refractivity contribution in [2.45, 2.75) is 51.1 Å². The maximum Gasteiger partial charge on any atom is 0.166 e. The van der Waals surface area contributed by atoms with Crippen molar-refractivity contribution in [3.05, 3.63) is 71.8 Å². The van der Waals surface area contributed by atoms with Gasteiger partial charge in [-0.1, -0.05) is 12.1 Å². The number of ketones is 1. The lowest BCUT2D eigenvalue weighted by Gasteiger charge is -2.29. The molecule has 38 heavy (non-hydrogen) atoms. The molecule has 0 amide bonds. The van der Waals surface area contributed by atoms with Crippen LogP contribution in [0.25, 0.3) is 20.8 Å². The van der Waals surface area contributed by atoms with Gasteiger partial charge in [-0.15, -0.1) is 11.3 Å². The number of pyridine rings is 2. The van der Waals surface area contributed by atoms with Gasteiger partial charge in [-0.2, -0.15) is 0 Å². The van der Waals surface area contributed by atoms with Gasteiger partial charge in [-0.3, -0.25) is 19.7 Å². The van der Waals surface area contributed by atoms with Gasteiger partial charge in [0, 0.05) is 43.9 Å². The first kappa shape index (κ1) is 25.1. The molecule has 3 aromatic heterocycles. The standard InChI is InChI=1S/C30H31FN4O2S/c31-24-15-20(14-23(36)13-19-1-2-19)4-6-27(24)37-28-7-10-33-26-16-29(38-30(26)28)25-5-3-21(17-34-25)18-35-11-8-22(32)9-12-35/h3-7,10,15-17,19,22H,1-2,8-9,11-14,18,32H2. The monoisotopic (exact) mass is 530 g/mol. The Labute approximate surface area is 225 Å². The SMILES string of the molecule is NC1CCN(Cc2ccc(-c3cc4nccc(Oc5ccc(CC(=O)CC6CC6)cc5F)c4s3)nc2)CC1. The molecule has 4 aromatic rings. The average molecular weight is 531 g/mol. The van der Waals surface area contributed by atoms with E-state index in [1.807, 2.05) is 18.3 Å². The molecule has 1 aliphatic heterocycles. The summed E-state index contributed by atoms with van der Waals surface area (Å²) in [6.45, 7) is 2.93. The Morgan fingerprint density at radius 1 is 1.03 bits per heavy atom. The second-order valence-electron chi connectivity index (χ2n) is 10.5. The summed E-state index contributed by atoms with van der Waals surface area (Å²) in [7, 11) is 0. The number of nitrogens with two attached hydrogens (primary N) is 1. The number of Topliss-reactive ketones (excluding diaryl/α,β-unsaturated/α-hetero) is 1. The summed E-state index contributed by atoms with van der Waals surface area (Å²) in [6, 6.07) is 13.0. The zero-order valence-electron chi connectivity index (χ0n) is 21.2. The van der Waals surface area contributed by atoms with Gasteiger partial charge in [-0.25, -0.2) is 4.39 Å². The molecule has 1 aromatic carbocycles. The van der Waals surface area contributed by atoms with Crippen molar-refractivity contribution in [2.75, 3.05) is 13.1 Å². The summed E-state index contributed by atoms with van der Waals surface area (Å²) < 4.78 is 21.7. The van der Waals surface area contributed by atoms with Crippen LogP contribution in [0.15, 0.2) is 54.9 Å². The number of halogens is 1. The number of fused-ring (bicyclic) bond motifs is 1. The van der Waals surface area contributed by atoms with Gasteiger partial charge in [0.1, 0.15) is 11.5 Å². The smallest absolute Gasteiger partial charge is 0.166 e. The van der Waals surface area contributed by atoms with Crippen LogP contribution in [0.5, 0.6) is 11.5 Å². The first-order chi connectivity index (χ1) is 18.5. The number of hydrogen-bond donors (Lipinski definition) is 1. The Balaban J connectivity index is 1.15. The highest BCUT2D eigenvalue weighted by Gasteiger charge is 2.24. The molecule has 0 radical (unpaired) electrons. The fraction of sp³-hybridized carbons (Fsp3) is 0.367. The summed E-state index contributed by atoms with van der Waals surface area (Å²) in [4.78, 5) is 24.8. The molecule has 0 spiro atoms. The predicted molar refractivity (Wildman–Crippen MR) is 148 cm³/mol. The molecule has 196 valence electrons. The second-order valence-corrected chi connectivity index (χ2v) is 11.6. The lowest BCUT2D eigenvalue weighted by Crippen LogP contribution is -2.39. The van der Waals surface area contributed by atoms with E-state index in [0.29, 0.717) is 29.7 Å². The van der Waals surface area contributed by atoms with Crippen molar-refractivity contribution in [1.29, 1.82) is 0 Å². The Morgan fingerprint density at radius 3 is 2.58 bits per heavy atom. The van der Waals surface area contributed by atoms with Crippen molar-refractivity contribution in [1.82, 2.24) is 14.9 Å². The lowest BCUT2D eigenvalue weighted by molar-refractivity contribution is -0.118. The summed E-state index contributed by atoms with van der Waals surface area (Å²) >= 11 is 1.53. The van der Waals surface area contributed by atoms with Crippen LogP contribution in [0.2, 0.25) is 0 Å². The molecule has 1 saturated heterocycles. The minimum atomic E-state index is -0.476. The zero-order valence-corrected chi connectivity index (χ0v) is 22.1. The Hall–Kier alpha value is -3.20. The van der Waals surface area contributed by atoms with Gasteiger partial charge >= 0.3 is 0 Å². The number of likely N-dealkylation sites (tertiary alicyclic amines) is 1. The largest absolute Gasteiger partial charge is 0.453 e. The van der Waals surface area contributed by atoms with Gasteiger partial charge in [-0.05, 0) is 80.1 Å². The fourth-order valence-corrected chi connectivity index (χ4v) is 6.00. The maximum atomic E-state index is 14.9. The van der Waals surface area contributed by atoms with Crippen molar-refractivity contribution in [2.24, 2.45) is 11.7 Å². The summed E-state index contributed by atoms with van der Waals surface area (Å²) in [6.07, 6.45) is 8.81. The number of hydrogen-bond acceptors (Lipinski definition) is 7. The Morgan fingerprint density at radius 2 is 1.84 bits per heavy atom. The molecule has 2 aliphatic rings. The number of carbonyl (C=O) groups excluding carboxylic acids is 1. The predicted octanol–water partition coefficient (Wildman–Crippen LogP) is 6.12. The number of benzene rings is 1. The van der Waals surface area contributed by atoms with Gasteiger partial charge in [0.15, 0.2) is 11.6 Å². The number of thiophene rings is 1. The lowest BCUT2D eigenvalue weighted by atomic mass is 10.0. The zero-order chi connectivity index (χ0) is 26.1. The molecule has 2 N–H and O–H groups in total. The maximum absolute atomic E-state index is 14.9. The minimum absolute atomic E-state index is 0.131. The van der Waals surface area contributed by atoms with Gasteiger partial charge < -0.3 is 10.5 Å². The van der Waals surface area contributed by atoms with Gasteiger partial charge in [0.05, 0.1) is 20.8 Å². The van der Waals surface area contributed by atoms with Crippen LogP contribution >= 0.6 is 11.3 Å². The normalized spacial score (nSPS) is 16.7. The van der Waals surface area contributed by atoms with E-state index in [4.69, 9.17) is 15.5 Å². The van der Waals surface area contributed by atoms with E-state index in [-0.39, 0.29) is 18.0 Å². The molecule has 6 nitrogen and oxygen atoms in total. The topological polar surface area (TPSA) is 81.3 Å². The van der Waals surface area contributed by atoms with Crippen molar-refractivity contribution >= 4 is 27.3 Å². The molecule has 8 heteroatoms. The third kappa shape index (κ3) is 5.93. The van der Waals surface area contributed by atoms with E-state index >= 15 is 0 Å². The molecular weight excluding hydrogens is 499 g/mol. The fourth-order valence-electron chi connectivity index (χ4n) is 4.95. The highest BCUT2D eigenvalue weighted by molar-refractivity contribution is 7.22. The number of aromatic nitrogens is 2. The number of nitrogens with zero attached hydrogens (tertiary/aromatic N) is 3. The molecule has 1 aliphatic carbocycles. The van der Waals surface area contributed by atoms with Crippen LogP contribution in [0.3, 0.4) is 0 Å². The second kappa shape index (κ2) is 10.9. The van der Waals surface area contributed by atoms with E-state index in [1.54, 1.807) is 24.4 Å². The molecule has 1 saturated carbocycles. The number of rotatable bonds is 9. The van der Waals surface area contributed by atoms with Crippen LogP contribution < -0.4 is 10.5 Å². The minimum Gasteiger partial charge on any atom is -0.453 e. The molecule has 6 rings (SSSR count). The molecular formula is C30H31FN4O2S. The summed E-state index contributed by atoms with van der Waals surface area (Å²) in [5, 5.41) is 0. The van der Waals surface area contributed by atoms with Crippen molar-refractivity contribution < 1.29 is 13.9 Å². The third-order valence-corrected chi connectivity index (χ3v) is 8.48. The average Bonchev–Trinajstić information content (AvgIpc) is 3.61. The van der Waals surface area contributed by atoms with E-state index in [1.165, 1.54) is 23.0 Å². The van der Waals surface area contributed by atoms with E-state index in [0.717, 1.165) is 66.1 Å². The van der Waals surface area contributed by atoms with Crippen LogP contribution in [0.4, 0.5) is 4.39 Å². The number of piperidine rings is 1. The molecule has 2 fully saturated rings. The van der Waals surface area contributed by atoms with Crippen LogP contribution in [-0.2, 0) is 17.8 Å². The van der Waals surface area contributed by atoms with Gasteiger partial charge in [0.25, 0.3) is 0 Å². The van der Waals surface area contributed by atoms with Crippen molar-refractivity contribution in [3.8, 4) is 22.1 Å². The first-order valence-electron chi connectivity index (χ1n) is 13.3. The van der Waals surface area contributed by atoms with E-state index in [2.05, 4.69) is 16.0 Å². The summed E-state index contributed by atoms with van der Waals surface area (Å²) in [5.74, 6) is 0.902. The Kier molecular flexibility index (Phi) is 7.19.